The summed E-state index contributed by atoms with van der Waals surface area (Å²) in [7, 11) is -2.21. The second kappa shape index (κ2) is 9.69. The Balaban J connectivity index is 1.76. The third-order valence-electron chi connectivity index (χ3n) is 5.47. The summed E-state index contributed by atoms with van der Waals surface area (Å²) >= 11 is 0. The molecule has 0 aliphatic heterocycles. The van der Waals surface area contributed by atoms with Crippen LogP contribution in [0.4, 0.5) is 4.39 Å². The Morgan fingerprint density at radius 1 is 1.03 bits per heavy atom. The van der Waals surface area contributed by atoms with Crippen molar-refractivity contribution < 1.29 is 17.5 Å². The Bertz CT molecular complexity index is 1540. The lowest BCUT2D eigenvalue weighted by molar-refractivity contribution is 0.415. The maximum absolute atomic E-state index is 13.4. The van der Waals surface area contributed by atoms with Crippen LogP contribution in [0.2, 0.25) is 0 Å². The molecule has 0 aliphatic carbocycles. The number of H-pyrrole nitrogens is 1. The fourth-order valence-electron chi connectivity index (χ4n) is 3.58. The fourth-order valence-corrected chi connectivity index (χ4v) is 4.10. The van der Waals surface area contributed by atoms with Crippen LogP contribution in [0.5, 0.6) is 5.75 Å². The Morgan fingerprint density at radius 3 is 2.23 bits per heavy atom. The van der Waals surface area contributed by atoms with Crippen molar-refractivity contribution in [3.05, 3.63) is 100 Å². The summed E-state index contributed by atoms with van der Waals surface area (Å²) in [5, 5.41) is 8.27. The van der Waals surface area contributed by atoms with Crippen molar-refractivity contribution >= 4 is 15.7 Å². The molecule has 10 heteroatoms. The Morgan fingerprint density at radius 2 is 1.66 bits per heavy atom. The molecular formula is C25H23FN4O4S. The number of nitrogens with zero attached hydrogens (tertiary/aromatic N) is 2. The van der Waals surface area contributed by atoms with Crippen molar-refractivity contribution in [2.24, 2.45) is 10.1 Å². The largest absolute Gasteiger partial charge is 0.497 e. The fraction of sp³-hybridized carbons (Fsp3) is 0.120. The molecule has 3 aromatic carbocycles. The van der Waals surface area contributed by atoms with E-state index in [1.165, 1.54) is 41.1 Å². The van der Waals surface area contributed by atoms with Gasteiger partial charge in [-0.15, -0.1) is 0 Å². The van der Waals surface area contributed by atoms with Gasteiger partial charge in [0, 0.05) is 11.3 Å². The number of primary sulfonamides is 1. The molecule has 0 bridgehead atoms. The lowest BCUT2D eigenvalue weighted by Gasteiger charge is -2.05. The number of halogens is 1. The molecule has 0 radical (unpaired) electrons. The first-order valence-electron chi connectivity index (χ1n) is 10.6. The van der Waals surface area contributed by atoms with Gasteiger partial charge in [-0.1, -0.05) is 12.1 Å². The molecule has 0 unspecified atom stereocenters. The average molecular weight is 495 g/mol. The molecule has 4 rings (SSSR count). The topological polar surface area (TPSA) is 120 Å². The van der Waals surface area contributed by atoms with Gasteiger partial charge in [0.2, 0.25) is 10.0 Å². The number of aliphatic imine (C=N–C) groups is 1. The minimum absolute atomic E-state index is 0.0107. The van der Waals surface area contributed by atoms with Gasteiger partial charge in [0.15, 0.2) is 0 Å². The lowest BCUT2D eigenvalue weighted by Crippen LogP contribution is -2.19. The molecule has 0 fully saturated rings. The van der Waals surface area contributed by atoms with Gasteiger partial charge in [-0.3, -0.25) is 14.9 Å². The highest BCUT2D eigenvalue weighted by Gasteiger charge is 2.19. The van der Waals surface area contributed by atoms with Crippen molar-refractivity contribution in [1.82, 2.24) is 9.78 Å². The molecule has 0 amide bonds. The molecule has 0 saturated heterocycles. The number of aromatic amines is 1. The van der Waals surface area contributed by atoms with Crippen LogP contribution in [0.25, 0.3) is 16.9 Å². The predicted molar refractivity (Wildman–Crippen MR) is 132 cm³/mol. The van der Waals surface area contributed by atoms with Crippen molar-refractivity contribution in [3.63, 3.8) is 0 Å². The summed E-state index contributed by atoms with van der Waals surface area (Å²) in [6.07, 6.45) is 0. The van der Waals surface area contributed by atoms with Crippen LogP contribution in [0.15, 0.2) is 87.5 Å². The van der Waals surface area contributed by atoms with Gasteiger partial charge in [0.25, 0.3) is 5.56 Å². The Labute approximate surface area is 201 Å². The first-order chi connectivity index (χ1) is 16.7. The second-order valence-corrected chi connectivity index (χ2v) is 9.36. The highest BCUT2D eigenvalue weighted by molar-refractivity contribution is 7.89. The van der Waals surface area contributed by atoms with Crippen molar-refractivity contribution in [1.29, 1.82) is 0 Å². The van der Waals surface area contributed by atoms with Crippen LogP contribution < -0.4 is 15.4 Å². The van der Waals surface area contributed by atoms with E-state index in [-0.39, 0.29) is 17.0 Å². The summed E-state index contributed by atoms with van der Waals surface area (Å²) in [6, 6.07) is 18.9. The molecule has 0 spiro atoms. The number of methoxy groups -OCH3 is 1. The van der Waals surface area contributed by atoms with E-state index >= 15 is 0 Å². The number of hydrogen-bond donors (Lipinski definition) is 2. The van der Waals surface area contributed by atoms with Gasteiger partial charge in [-0.2, -0.15) is 0 Å². The molecule has 1 heterocycles. The zero-order valence-electron chi connectivity index (χ0n) is 19.0. The standard InChI is InChI=1S/C25H23FN4O4S/c1-16(28-15-17-3-13-22(14-4-17)35(27,32)33)23-24(18-5-11-21(34-2)12-6-18)29-30(25(23)31)20-9-7-19(26)8-10-20/h3-14,29H,15H2,1-2H3,(H2,27,32,33). The smallest absolute Gasteiger partial charge is 0.280 e. The van der Waals surface area contributed by atoms with Crippen LogP contribution in [0.1, 0.15) is 18.1 Å². The van der Waals surface area contributed by atoms with Gasteiger partial charge in [0.05, 0.1) is 35.5 Å². The minimum Gasteiger partial charge on any atom is -0.497 e. The normalized spacial score (nSPS) is 12.1. The number of sulfonamides is 1. The van der Waals surface area contributed by atoms with E-state index in [0.29, 0.717) is 28.4 Å². The average Bonchev–Trinajstić information content (AvgIpc) is 3.20. The van der Waals surface area contributed by atoms with E-state index < -0.39 is 15.8 Å². The van der Waals surface area contributed by atoms with Gasteiger partial charge < -0.3 is 4.74 Å². The third kappa shape index (κ3) is 5.23. The number of rotatable bonds is 7. The van der Waals surface area contributed by atoms with Crippen LogP contribution in [0, 0.1) is 5.82 Å². The third-order valence-corrected chi connectivity index (χ3v) is 6.40. The molecule has 0 atom stereocenters. The molecule has 0 saturated carbocycles. The molecule has 3 N–H and O–H groups in total. The SMILES string of the molecule is COc1ccc(-c2[nH]n(-c3ccc(F)cc3)c(=O)c2C(C)=NCc2ccc(S(N)(=O)=O)cc2)cc1. The first-order valence-corrected chi connectivity index (χ1v) is 12.1. The molecule has 0 aliphatic rings. The summed E-state index contributed by atoms with van der Waals surface area (Å²) in [6.45, 7) is 1.95. The molecular weight excluding hydrogens is 471 g/mol. The molecule has 1 aromatic heterocycles. The molecule has 35 heavy (non-hydrogen) atoms. The highest BCUT2D eigenvalue weighted by atomic mass is 32.2. The van der Waals surface area contributed by atoms with E-state index in [9.17, 15) is 17.6 Å². The number of nitrogens with one attached hydrogen (secondary N) is 1. The van der Waals surface area contributed by atoms with Crippen LogP contribution in [0.3, 0.4) is 0 Å². The first kappa shape index (κ1) is 24.1. The Kier molecular flexibility index (Phi) is 6.68. The van der Waals surface area contributed by atoms with E-state index in [1.807, 2.05) is 12.1 Å². The summed E-state index contributed by atoms with van der Waals surface area (Å²) in [5.41, 5.74) is 3.02. The van der Waals surface area contributed by atoms with E-state index in [1.54, 1.807) is 38.3 Å². The van der Waals surface area contributed by atoms with Crippen LogP contribution in [-0.4, -0.2) is 31.0 Å². The monoisotopic (exact) mass is 494 g/mol. The van der Waals surface area contributed by atoms with Gasteiger partial charge in [-0.25, -0.2) is 22.6 Å². The number of ether oxygens (including phenoxy) is 1. The zero-order chi connectivity index (χ0) is 25.2. The van der Waals surface area contributed by atoms with E-state index in [4.69, 9.17) is 9.88 Å². The van der Waals surface area contributed by atoms with Crippen LogP contribution >= 0.6 is 0 Å². The van der Waals surface area contributed by atoms with Crippen molar-refractivity contribution in [3.8, 4) is 22.7 Å². The zero-order valence-corrected chi connectivity index (χ0v) is 19.8. The molecule has 4 aromatic rings. The number of aromatic nitrogens is 2. The van der Waals surface area contributed by atoms with Gasteiger partial charge in [0.1, 0.15) is 11.6 Å². The Hall–Kier alpha value is -4.02. The quantitative estimate of drug-likeness (QED) is 0.381. The summed E-state index contributed by atoms with van der Waals surface area (Å²) in [4.78, 5) is 18.0. The number of hydrogen-bond acceptors (Lipinski definition) is 5. The van der Waals surface area contributed by atoms with E-state index in [2.05, 4.69) is 10.1 Å². The maximum Gasteiger partial charge on any atom is 0.280 e. The second-order valence-electron chi connectivity index (χ2n) is 7.80. The predicted octanol–water partition coefficient (Wildman–Crippen LogP) is 3.64. The lowest BCUT2D eigenvalue weighted by atomic mass is 10.0. The van der Waals surface area contributed by atoms with Gasteiger partial charge >= 0.3 is 0 Å². The van der Waals surface area contributed by atoms with Crippen LogP contribution in [-0.2, 0) is 16.6 Å². The summed E-state index contributed by atoms with van der Waals surface area (Å²) < 4.78 is 42.9. The minimum atomic E-state index is -3.78. The highest BCUT2D eigenvalue weighted by Crippen LogP contribution is 2.24. The van der Waals surface area contributed by atoms with Crippen molar-refractivity contribution in [2.75, 3.05) is 7.11 Å². The van der Waals surface area contributed by atoms with Crippen molar-refractivity contribution in [2.45, 2.75) is 18.4 Å². The maximum atomic E-state index is 13.4. The molecule has 180 valence electrons. The molecule has 8 nitrogen and oxygen atoms in total. The summed E-state index contributed by atoms with van der Waals surface area (Å²) in [5.74, 6) is 0.263. The number of benzene rings is 3. The number of nitrogens with two attached hydrogens (primary N) is 1. The van der Waals surface area contributed by atoms with Gasteiger partial charge in [-0.05, 0) is 73.2 Å². The van der Waals surface area contributed by atoms with E-state index in [0.717, 1.165) is 11.1 Å².